The summed E-state index contributed by atoms with van der Waals surface area (Å²) in [6.07, 6.45) is 3.03. The first kappa shape index (κ1) is 3.14. The van der Waals surface area contributed by atoms with Gasteiger partial charge in [-0.3, -0.25) is 0 Å². The summed E-state index contributed by atoms with van der Waals surface area (Å²) in [6, 6.07) is 0. The fraction of sp³-hybridized carbons (Fsp3) is 0. The standard InChI is InChI=1S/C2H4N4/c3-6-4-1-2-5-6/h1-2H,3H2. The Bertz CT molecular complexity index is 109. The fourth-order valence-electron chi connectivity index (χ4n) is 0.226. The summed E-state index contributed by atoms with van der Waals surface area (Å²) >= 11 is 0. The van der Waals surface area contributed by atoms with Crippen molar-refractivity contribution in [3.63, 3.8) is 0 Å². The minimum atomic E-state index is 1.00. The minimum absolute atomic E-state index is 1.00. The molecule has 0 radical (unpaired) electrons. The van der Waals surface area contributed by atoms with Crippen LogP contribution >= 0.6 is 0 Å². The molecule has 4 nitrogen and oxygen atoms in total. The molecule has 0 bridgehead atoms. The van der Waals surface area contributed by atoms with Crippen LogP contribution in [-0.2, 0) is 0 Å². The first-order valence-electron chi connectivity index (χ1n) is 1.51. The maximum absolute atomic E-state index is 4.97. The van der Waals surface area contributed by atoms with Crippen molar-refractivity contribution in [1.82, 2.24) is 15.1 Å². The van der Waals surface area contributed by atoms with Crippen molar-refractivity contribution in [2.24, 2.45) is 0 Å². The molecule has 0 fully saturated rings. The van der Waals surface area contributed by atoms with Gasteiger partial charge in [0.2, 0.25) is 0 Å². The van der Waals surface area contributed by atoms with Gasteiger partial charge in [0.25, 0.3) is 0 Å². The second-order valence-corrected chi connectivity index (χ2v) is 0.849. The van der Waals surface area contributed by atoms with Crippen molar-refractivity contribution in [2.75, 3.05) is 5.84 Å². The summed E-state index contributed by atoms with van der Waals surface area (Å²) < 4.78 is 0. The van der Waals surface area contributed by atoms with Crippen LogP contribution in [0.5, 0.6) is 0 Å². The van der Waals surface area contributed by atoms with Crippen molar-refractivity contribution in [3.8, 4) is 0 Å². The van der Waals surface area contributed by atoms with Gasteiger partial charge < -0.3 is 5.84 Å². The van der Waals surface area contributed by atoms with Crippen LogP contribution in [0.4, 0.5) is 0 Å². The number of hydrogen-bond donors (Lipinski definition) is 1. The molecule has 1 rings (SSSR count). The monoisotopic (exact) mass is 84.0 g/mol. The highest BCUT2D eigenvalue weighted by Crippen LogP contribution is 1.60. The van der Waals surface area contributed by atoms with E-state index in [1.807, 2.05) is 0 Å². The molecule has 32 valence electrons. The number of aromatic nitrogens is 3. The molecule has 0 aliphatic heterocycles. The Hall–Kier alpha value is -1.06. The summed E-state index contributed by atoms with van der Waals surface area (Å²) in [5.74, 6) is 4.97. The van der Waals surface area contributed by atoms with E-state index in [2.05, 4.69) is 10.2 Å². The first-order valence-corrected chi connectivity index (χ1v) is 1.51. The van der Waals surface area contributed by atoms with Crippen molar-refractivity contribution < 1.29 is 0 Å². The van der Waals surface area contributed by atoms with E-state index in [0.29, 0.717) is 0 Å². The lowest BCUT2D eigenvalue weighted by molar-refractivity contribution is 0.708. The van der Waals surface area contributed by atoms with Crippen molar-refractivity contribution in [1.29, 1.82) is 0 Å². The van der Waals surface area contributed by atoms with Gasteiger partial charge in [0, 0.05) is 0 Å². The minimum Gasteiger partial charge on any atom is -0.306 e. The normalized spacial score (nSPS) is 8.67. The predicted octanol–water partition coefficient (Wildman–Crippen LogP) is -1.01. The topological polar surface area (TPSA) is 56.7 Å². The number of nitrogens with zero attached hydrogens (tertiary/aromatic N) is 3. The summed E-state index contributed by atoms with van der Waals surface area (Å²) in [5, 5.41) is 7.00. The summed E-state index contributed by atoms with van der Waals surface area (Å²) in [5.41, 5.74) is 0. The zero-order valence-corrected chi connectivity index (χ0v) is 3.07. The van der Waals surface area contributed by atoms with E-state index in [-0.39, 0.29) is 0 Å². The van der Waals surface area contributed by atoms with E-state index >= 15 is 0 Å². The Balaban J connectivity index is 3.05. The quantitative estimate of drug-likeness (QED) is 0.410. The summed E-state index contributed by atoms with van der Waals surface area (Å²) in [7, 11) is 0. The second-order valence-electron chi connectivity index (χ2n) is 0.849. The Kier molecular flexibility index (Phi) is 0.506. The number of nitrogens with two attached hydrogens (primary N) is 1. The molecule has 1 aromatic rings. The maximum atomic E-state index is 4.97. The lowest BCUT2D eigenvalue weighted by atomic mass is 11.0. The second kappa shape index (κ2) is 0.965. The maximum Gasteiger partial charge on any atom is 0.0714 e. The third kappa shape index (κ3) is 0.314. The first-order chi connectivity index (χ1) is 2.89. The lowest BCUT2D eigenvalue weighted by Crippen LogP contribution is -2.10. The molecule has 0 unspecified atom stereocenters. The van der Waals surface area contributed by atoms with E-state index in [1.54, 1.807) is 0 Å². The highest BCUT2D eigenvalue weighted by atomic mass is 15.6. The molecule has 1 heterocycles. The molecule has 0 aliphatic carbocycles. The van der Waals surface area contributed by atoms with Crippen molar-refractivity contribution >= 4 is 0 Å². The SMILES string of the molecule is Nn1nccn1. The average molecular weight is 84.1 g/mol. The van der Waals surface area contributed by atoms with Crippen LogP contribution in [-0.4, -0.2) is 15.1 Å². The Morgan fingerprint density at radius 3 is 2.00 bits per heavy atom. The fourth-order valence-corrected chi connectivity index (χ4v) is 0.226. The van der Waals surface area contributed by atoms with E-state index < -0.39 is 0 Å². The van der Waals surface area contributed by atoms with Gasteiger partial charge in [0.1, 0.15) is 0 Å². The van der Waals surface area contributed by atoms with Crippen LogP contribution < -0.4 is 5.84 Å². The smallest absolute Gasteiger partial charge is 0.0714 e. The van der Waals surface area contributed by atoms with Crippen LogP contribution in [0.25, 0.3) is 0 Å². The third-order valence-corrected chi connectivity index (χ3v) is 0.437. The zero-order valence-electron chi connectivity index (χ0n) is 3.07. The number of rotatable bonds is 0. The lowest BCUT2D eigenvalue weighted by Gasteiger charge is -1.76. The van der Waals surface area contributed by atoms with E-state index in [4.69, 9.17) is 5.84 Å². The van der Waals surface area contributed by atoms with Crippen molar-refractivity contribution in [3.05, 3.63) is 12.4 Å². The number of hydrogen-bond acceptors (Lipinski definition) is 3. The van der Waals surface area contributed by atoms with Gasteiger partial charge in [-0.15, -0.1) is 10.2 Å². The molecule has 0 saturated carbocycles. The molecule has 0 spiro atoms. The van der Waals surface area contributed by atoms with E-state index in [1.165, 1.54) is 12.4 Å². The van der Waals surface area contributed by atoms with E-state index in [0.717, 1.165) is 4.91 Å². The van der Waals surface area contributed by atoms with Crippen LogP contribution in [0.1, 0.15) is 0 Å². The zero-order chi connectivity index (χ0) is 4.41. The van der Waals surface area contributed by atoms with Gasteiger partial charge in [0.15, 0.2) is 0 Å². The molecule has 0 aliphatic rings. The summed E-state index contributed by atoms with van der Waals surface area (Å²) in [4.78, 5) is 1.00. The molecule has 0 atom stereocenters. The molecular formula is C2H4N4. The molecule has 6 heavy (non-hydrogen) atoms. The molecular weight excluding hydrogens is 80.0 g/mol. The Morgan fingerprint density at radius 1 is 1.33 bits per heavy atom. The van der Waals surface area contributed by atoms with Gasteiger partial charge in [-0.1, -0.05) is 4.91 Å². The van der Waals surface area contributed by atoms with Crippen molar-refractivity contribution in [2.45, 2.75) is 0 Å². The van der Waals surface area contributed by atoms with Crippen LogP contribution in [0.3, 0.4) is 0 Å². The molecule has 0 saturated heterocycles. The van der Waals surface area contributed by atoms with Gasteiger partial charge >= 0.3 is 0 Å². The highest BCUT2D eigenvalue weighted by molar-refractivity contribution is 4.58. The Labute approximate surface area is 34.5 Å². The van der Waals surface area contributed by atoms with Gasteiger partial charge in [-0.25, -0.2) is 0 Å². The summed E-state index contributed by atoms with van der Waals surface area (Å²) in [6.45, 7) is 0. The predicted molar refractivity (Wildman–Crippen MR) is 20.2 cm³/mol. The molecule has 1 aromatic heterocycles. The van der Waals surface area contributed by atoms with Gasteiger partial charge in [-0.05, 0) is 0 Å². The molecule has 4 heteroatoms. The number of nitrogen functional groups attached to an aromatic ring is 1. The van der Waals surface area contributed by atoms with Crippen LogP contribution in [0.15, 0.2) is 12.4 Å². The average Bonchev–Trinajstić information content (AvgIpc) is 1.86. The van der Waals surface area contributed by atoms with Gasteiger partial charge in [-0.2, -0.15) is 0 Å². The third-order valence-electron chi connectivity index (χ3n) is 0.437. The van der Waals surface area contributed by atoms with Crippen LogP contribution in [0, 0.1) is 0 Å². The van der Waals surface area contributed by atoms with Crippen LogP contribution in [0.2, 0.25) is 0 Å². The molecule has 0 amide bonds. The molecule has 0 aromatic carbocycles. The Morgan fingerprint density at radius 2 is 1.83 bits per heavy atom. The van der Waals surface area contributed by atoms with E-state index in [9.17, 15) is 0 Å². The largest absolute Gasteiger partial charge is 0.306 e. The molecule has 2 N–H and O–H groups in total. The van der Waals surface area contributed by atoms with Gasteiger partial charge in [0.05, 0.1) is 12.4 Å². The highest BCUT2D eigenvalue weighted by Gasteiger charge is 1.71.